The predicted octanol–water partition coefficient (Wildman–Crippen LogP) is 4.64. The summed E-state index contributed by atoms with van der Waals surface area (Å²) in [6, 6.07) is 1.66. The molecule has 1 unspecified atom stereocenters. The van der Waals surface area contributed by atoms with Crippen molar-refractivity contribution in [1.82, 2.24) is 4.98 Å². The van der Waals surface area contributed by atoms with Crippen molar-refractivity contribution in [2.75, 3.05) is 18.5 Å². The first-order valence-corrected chi connectivity index (χ1v) is 7.06. The van der Waals surface area contributed by atoms with Crippen LogP contribution in [0.2, 0.25) is 10.0 Å². The highest BCUT2D eigenvalue weighted by atomic mass is 35.5. The van der Waals surface area contributed by atoms with Crippen LogP contribution >= 0.6 is 23.2 Å². The van der Waals surface area contributed by atoms with Crippen molar-refractivity contribution in [2.45, 2.75) is 33.6 Å². The summed E-state index contributed by atoms with van der Waals surface area (Å²) in [5, 5.41) is 4.03. The smallest absolute Gasteiger partial charge is 0.234 e. The van der Waals surface area contributed by atoms with Crippen molar-refractivity contribution in [2.24, 2.45) is 5.92 Å². The van der Waals surface area contributed by atoms with E-state index < -0.39 is 0 Å². The van der Waals surface area contributed by atoms with Crippen molar-refractivity contribution < 1.29 is 4.74 Å². The van der Waals surface area contributed by atoms with Gasteiger partial charge in [0.05, 0.1) is 11.6 Å². The highest BCUT2D eigenvalue weighted by Gasteiger charge is 2.11. The van der Waals surface area contributed by atoms with Gasteiger partial charge in [-0.05, 0) is 25.3 Å². The third-order valence-corrected chi connectivity index (χ3v) is 3.09. The maximum atomic E-state index is 6.06. The largest absolute Gasteiger partial charge is 0.476 e. The number of anilines is 1. The van der Waals surface area contributed by atoms with E-state index in [4.69, 9.17) is 27.9 Å². The fraction of sp³-hybridized carbons (Fsp3) is 0.615. The molecule has 0 bridgehead atoms. The van der Waals surface area contributed by atoms with Crippen LogP contribution < -0.4 is 10.1 Å². The SMILES string of the molecule is CCCC(C)COc1nc(NCC)c(Cl)cc1Cl. The maximum absolute atomic E-state index is 6.06. The summed E-state index contributed by atoms with van der Waals surface area (Å²) in [6.07, 6.45) is 2.28. The second kappa shape index (κ2) is 7.70. The number of halogens is 2. The summed E-state index contributed by atoms with van der Waals surface area (Å²) in [5.74, 6) is 1.55. The molecule has 0 amide bonds. The quantitative estimate of drug-likeness (QED) is 0.795. The molecule has 0 radical (unpaired) electrons. The zero-order valence-electron chi connectivity index (χ0n) is 11.1. The molecular weight excluding hydrogens is 271 g/mol. The predicted molar refractivity (Wildman–Crippen MR) is 78.0 cm³/mol. The maximum Gasteiger partial charge on any atom is 0.234 e. The Bertz CT molecular complexity index is 385. The summed E-state index contributed by atoms with van der Waals surface area (Å²) in [6.45, 7) is 7.66. The highest BCUT2D eigenvalue weighted by molar-refractivity contribution is 6.36. The molecule has 0 saturated carbocycles. The fourth-order valence-corrected chi connectivity index (χ4v) is 2.12. The van der Waals surface area contributed by atoms with Gasteiger partial charge in [0.2, 0.25) is 5.88 Å². The van der Waals surface area contributed by atoms with Crippen LogP contribution in [-0.2, 0) is 0 Å². The molecular formula is C13H20Cl2N2O. The Labute approximate surface area is 119 Å². The molecule has 0 spiro atoms. The van der Waals surface area contributed by atoms with Gasteiger partial charge in [-0.2, -0.15) is 4.98 Å². The minimum Gasteiger partial charge on any atom is -0.476 e. The van der Waals surface area contributed by atoms with E-state index in [9.17, 15) is 0 Å². The Morgan fingerprint density at radius 3 is 2.67 bits per heavy atom. The number of rotatable bonds is 7. The van der Waals surface area contributed by atoms with Crippen molar-refractivity contribution in [1.29, 1.82) is 0 Å². The lowest BCUT2D eigenvalue weighted by Gasteiger charge is -2.14. The van der Waals surface area contributed by atoms with Gasteiger partial charge in [-0.1, -0.05) is 43.5 Å². The lowest BCUT2D eigenvalue weighted by atomic mass is 10.1. The van der Waals surface area contributed by atoms with Crippen LogP contribution in [0.15, 0.2) is 6.07 Å². The summed E-state index contributed by atoms with van der Waals surface area (Å²) >= 11 is 12.1. The zero-order chi connectivity index (χ0) is 13.5. The average molecular weight is 291 g/mol. The number of pyridine rings is 1. The summed E-state index contributed by atoms with van der Waals surface area (Å²) in [7, 11) is 0. The van der Waals surface area contributed by atoms with E-state index in [-0.39, 0.29) is 0 Å². The average Bonchev–Trinajstić information content (AvgIpc) is 2.31. The number of nitrogens with zero attached hydrogens (tertiary/aromatic N) is 1. The number of aromatic nitrogens is 1. The molecule has 18 heavy (non-hydrogen) atoms. The van der Waals surface area contributed by atoms with Crippen molar-refractivity contribution in [3.63, 3.8) is 0 Å². The van der Waals surface area contributed by atoms with Gasteiger partial charge >= 0.3 is 0 Å². The van der Waals surface area contributed by atoms with Gasteiger partial charge in [0.15, 0.2) is 0 Å². The lowest BCUT2D eigenvalue weighted by molar-refractivity contribution is 0.243. The fourth-order valence-electron chi connectivity index (χ4n) is 1.64. The Kier molecular flexibility index (Phi) is 6.58. The van der Waals surface area contributed by atoms with Gasteiger partial charge in [0, 0.05) is 6.54 Å². The molecule has 0 aliphatic rings. The first-order chi connectivity index (χ1) is 8.58. The number of nitrogens with one attached hydrogen (secondary N) is 1. The number of ether oxygens (including phenoxy) is 1. The Morgan fingerprint density at radius 1 is 1.33 bits per heavy atom. The van der Waals surface area contributed by atoms with Crippen LogP contribution in [0.1, 0.15) is 33.6 Å². The summed E-state index contributed by atoms with van der Waals surface area (Å²) in [4.78, 5) is 4.30. The normalized spacial score (nSPS) is 12.3. The molecule has 1 aromatic heterocycles. The summed E-state index contributed by atoms with van der Waals surface area (Å²) < 4.78 is 5.65. The third kappa shape index (κ3) is 4.54. The van der Waals surface area contributed by atoms with E-state index in [0.717, 1.165) is 19.4 Å². The van der Waals surface area contributed by atoms with Crippen molar-refractivity contribution >= 4 is 29.0 Å². The molecule has 0 aliphatic heterocycles. The van der Waals surface area contributed by atoms with Crippen molar-refractivity contribution in [3.8, 4) is 5.88 Å². The third-order valence-electron chi connectivity index (χ3n) is 2.53. The number of hydrogen-bond acceptors (Lipinski definition) is 3. The van der Waals surface area contributed by atoms with E-state index in [1.54, 1.807) is 6.07 Å². The summed E-state index contributed by atoms with van der Waals surface area (Å²) in [5.41, 5.74) is 0. The van der Waals surface area contributed by atoms with Crippen LogP contribution in [0.5, 0.6) is 5.88 Å². The van der Waals surface area contributed by atoms with Crippen LogP contribution in [-0.4, -0.2) is 18.1 Å². The Balaban J connectivity index is 2.72. The first-order valence-electron chi connectivity index (χ1n) is 6.31. The molecule has 1 atom stereocenters. The minimum atomic E-state index is 0.444. The molecule has 1 rings (SSSR count). The Hall–Kier alpha value is -0.670. The van der Waals surface area contributed by atoms with Gasteiger partial charge in [0.25, 0.3) is 0 Å². The minimum absolute atomic E-state index is 0.444. The lowest BCUT2D eigenvalue weighted by Crippen LogP contribution is -2.10. The molecule has 1 N–H and O–H groups in total. The van der Waals surface area contributed by atoms with Gasteiger partial charge in [-0.25, -0.2) is 0 Å². The van der Waals surface area contributed by atoms with E-state index >= 15 is 0 Å². The molecule has 102 valence electrons. The van der Waals surface area contributed by atoms with Crippen LogP contribution in [0.3, 0.4) is 0 Å². The molecule has 3 nitrogen and oxygen atoms in total. The highest BCUT2D eigenvalue weighted by Crippen LogP contribution is 2.31. The van der Waals surface area contributed by atoms with E-state index in [1.807, 2.05) is 6.92 Å². The van der Waals surface area contributed by atoms with Gasteiger partial charge < -0.3 is 10.1 Å². The second-order valence-corrected chi connectivity index (χ2v) is 5.16. The molecule has 0 fully saturated rings. The van der Waals surface area contributed by atoms with Crippen LogP contribution in [0.25, 0.3) is 0 Å². The van der Waals surface area contributed by atoms with E-state index in [1.165, 1.54) is 0 Å². The van der Waals surface area contributed by atoms with Crippen molar-refractivity contribution in [3.05, 3.63) is 16.1 Å². The topological polar surface area (TPSA) is 34.1 Å². The molecule has 0 aliphatic carbocycles. The monoisotopic (exact) mass is 290 g/mol. The van der Waals surface area contributed by atoms with Crippen LogP contribution in [0, 0.1) is 5.92 Å². The van der Waals surface area contributed by atoms with Gasteiger partial charge in [0.1, 0.15) is 10.8 Å². The molecule has 1 aromatic rings. The number of hydrogen-bond donors (Lipinski definition) is 1. The first kappa shape index (κ1) is 15.4. The van der Waals surface area contributed by atoms with Crippen LogP contribution in [0.4, 0.5) is 5.82 Å². The molecule has 5 heteroatoms. The van der Waals surface area contributed by atoms with E-state index in [2.05, 4.69) is 24.1 Å². The molecule has 1 heterocycles. The zero-order valence-corrected chi connectivity index (χ0v) is 12.6. The Morgan fingerprint density at radius 2 is 2.06 bits per heavy atom. The van der Waals surface area contributed by atoms with E-state index in [0.29, 0.717) is 34.3 Å². The molecule has 0 aromatic carbocycles. The molecule has 0 saturated heterocycles. The van der Waals surface area contributed by atoms with Gasteiger partial charge in [-0.3, -0.25) is 0 Å². The standard InChI is InChI=1S/C13H20Cl2N2O/c1-4-6-9(3)8-18-13-11(15)7-10(14)12(17-13)16-5-2/h7,9H,4-6,8H2,1-3H3,(H,16,17). The second-order valence-electron chi connectivity index (χ2n) is 4.34. The van der Waals surface area contributed by atoms with Gasteiger partial charge in [-0.15, -0.1) is 0 Å².